The number of aliphatic imine (C=N–C) groups is 2. The average Bonchev–Trinajstić information content (AvgIpc) is 3.06. The number of aromatic hydroxyl groups is 1. The van der Waals surface area contributed by atoms with E-state index in [4.69, 9.17) is 10.2 Å². The maximum atomic E-state index is 12.6. The van der Waals surface area contributed by atoms with E-state index in [0.717, 1.165) is 22.6 Å². The van der Waals surface area contributed by atoms with E-state index in [1.165, 1.54) is 4.90 Å². The molecule has 0 aliphatic rings. The molecule has 1 amide bonds. The summed E-state index contributed by atoms with van der Waals surface area (Å²) in [5.74, 6) is 1.40. The Morgan fingerprint density at radius 1 is 1.31 bits per heavy atom. The van der Waals surface area contributed by atoms with Crippen LogP contribution < -0.4 is 10.5 Å². The van der Waals surface area contributed by atoms with Gasteiger partial charge < -0.3 is 24.9 Å². The van der Waals surface area contributed by atoms with Crippen molar-refractivity contribution in [3.05, 3.63) is 46.4 Å². The van der Waals surface area contributed by atoms with Crippen LogP contribution in [-0.4, -0.2) is 41.7 Å². The minimum atomic E-state index is -0.312. The maximum absolute atomic E-state index is 12.6. The lowest BCUT2D eigenvalue weighted by Gasteiger charge is -2.17. The number of hydrogen-bond donors (Lipinski definition) is 4. The van der Waals surface area contributed by atoms with Crippen molar-refractivity contribution in [1.82, 2.24) is 9.62 Å². The summed E-state index contributed by atoms with van der Waals surface area (Å²) in [4.78, 5) is 23.0. The van der Waals surface area contributed by atoms with Crippen LogP contribution in [0.2, 0.25) is 0 Å². The molecule has 0 saturated carbocycles. The molecule has 32 heavy (non-hydrogen) atoms. The summed E-state index contributed by atoms with van der Waals surface area (Å²) in [6.45, 7) is 9.85. The Bertz CT molecular complexity index is 1020. The van der Waals surface area contributed by atoms with Crippen LogP contribution in [0.5, 0.6) is 5.75 Å². The fourth-order valence-corrected chi connectivity index (χ4v) is 3.40. The van der Waals surface area contributed by atoms with Crippen molar-refractivity contribution in [3.8, 4) is 5.75 Å². The molecule has 0 aliphatic heterocycles. The Morgan fingerprint density at radius 2 is 1.97 bits per heavy atom. The highest BCUT2D eigenvalue weighted by Crippen LogP contribution is 2.34. The third-order valence-electron chi connectivity index (χ3n) is 5.21. The summed E-state index contributed by atoms with van der Waals surface area (Å²) >= 11 is 4.14. The van der Waals surface area contributed by atoms with Crippen molar-refractivity contribution < 1.29 is 14.3 Å². The number of benzene rings is 1. The molecule has 174 valence electrons. The number of aryl methyl sites for hydroxylation is 3. The van der Waals surface area contributed by atoms with Crippen LogP contribution in [0.4, 0.5) is 5.69 Å². The molecule has 4 N–H and O–H groups in total. The first-order chi connectivity index (χ1) is 15.0. The predicted molar refractivity (Wildman–Crippen MR) is 132 cm³/mol. The van der Waals surface area contributed by atoms with Crippen LogP contribution in [0.1, 0.15) is 59.8 Å². The molecular formula is C23H33N5O3S. The minimum absolute atomic E-state index is 0.0217. The molecule has 0 saturated heterocycles. The van der Waals surface area contributed by atoms with Crippen LogP contribution in [0.3, 0.4) is 0 Å². The molecule has 2 aromatic rings. The van der Waals surface area contributed by atoms with Gasteiger partial charge in [0, 0.05) is 14.1 Å². The summed E-state index contributed by atoms with van der Waals surface area (Å²) in [6.07, 6.45) is 0.588. The van der Waals surface area contributed by atoms with Crippen LogP contribution in [0.15, 0.2) is 32.6 Å². The van der Waals surface area contributed by atoms with E-state index in [1.54, 1.807) is 26.2 Å². The van der Waals surface area contributed by atoms with Gasteiger partial charge in [-0.25, -0.2) is 4.99 Å². The Morgan fingerprint density at radius 3 is 2.44 bits per heavy atom. The van der Waals surface area contributed by atoms with Gasteiger partial charge in [0.1, 0.15) is 23.2 Å². The van der Waals surface area contributed by atoms with Crippen molar-refractivity contribution in [1.29, 1.82) is 0 Å². The molecule has 0 spiro atoms. The fraction of sp³-hybridized carbons (Fsp3) is 0.435. The van der Waals surface area contributed by atoms with Crippen molar-refractivity contribution in [2.75, 3.05) is 14.1 Å². The van der Waals surface area contributed by atoms with Crippen molar-refractivity contribution in [3.63, 3.8) is 0 Å². The van der Waals surface area contributed by atoms with Crippen molar-refractivity contribution in [2.24, 2.45) is 21.6 Å². The number of phenols is 1. The monoisotopic (exact) mass is 459 g/mol. The molecule has 9 heteroatoms. The van der Waals surface area contributed by atoms with Crippen LogP contribution >= 0.6 is 12.8 Å². The number of carbonyl (C=O) groups is 1. The van der Waals surface area contributed by atoms with E-state index in [0.29, 0.717) is 6.42 Å². The lowest BCUT2D eigenvalue weighted by molar-refractivity contribution is 0.0823. The number of nitrogens with two attached hydrogens (primary N) is 1. The molecular weight excluding hydrogens is 426 g/mol. The molecule has 1 heterocycles. The molecule has 0 bridgehead atoms. The zero-order chi connectivity index (χ0) is 24.2. The van der Waals surface area contributed by atoms with E-state index in [1.807, 2.05) is 40.7 Å². The van der Waals surface area contributed by atoms with E-state index in [-0.39, 0.29) is 46.5 Å². The molecule has 1 aromatic heterocycles. The van der Waals surface area contributed by atoms with E-state index in [9.17, 15) is 9.90 Å². The number of thiol groups is 1. The molecule has 2 rings (SSSR count). The number of nitrogens with one attached hydrogen (secondary N) is 1. The van der Waals surface area contributed by atoms with Gasteiger partial charge in [-0.05, 0) is 49.4 Å². The molecule has 8 nitrogen and oxygen atoms in total. The van der Waals surface area contributed by atoms with Gasteiger partial charge in [0.25, 0.3) is 5.91 Å². The summed E-state index contributed by atoms with van der Waals surface area (Å²) in [7, 11) is 3.26. The molecule has 0 unspecified atom stereocenters. The number of furan rings is 1. The predicted octanol–water partition coefficient (Wildman–Crippen LogP) is 4.09. The normalized spacial score (nSPS) is 13.4. The van der Waals surface area contributed by atoms with Crippen LogP contribution in [-0.2, 0) is 6.42 Å². The van der Waals surface area contributed by atoms with E-state index >= 15 is 0 Å². The first-order valence-corrected chi connectivity index (χ1v) is 10.9. The number of rotatable bonds is 6. The highest BCUT2D eigenvalue weighted by Gasteiger charge is 2.23. The van der Waals surface area contributed by atoms with Gasteiger partial charge in [-0.1, -0.05) is 39.7 Å². The van der Waals surface area contributed by atoms with Gasteiger partial charge in [-0.15, -0.1) is 0 Å². The summed E-state index contributed by atoms with van der Waals surface area (Å²) in [6, 6.07) is 5.04. The summed E-state index contributed by atoms with van der Waals surface area (Å²) < 4.78 is 8.55. The Balaban J connectivity index is 2.53. The van der Waals surface area contributed by atoms with Gasteiger partial charge in [-0.3, -0.25) is 9.79 Å². The smallest absolute Gasteiger partial charge is 0.257 e. The minimum Gasteiger partial charge on any atom is -0.505 e. The topological polar surface area (TPSA) is 116 Å². The van der Waals surface area contributed by atoms with Crippen molar-refractivity contribution in [2.45, 2.75) is 47.1 Å². The summed E-state index contributed by atoms with van der Waals surface area (Å²) in [5, 5.41) is 10.8. The van der Waals surface area contributed by atoms with Crippen LogP contribution in [0, 0.1) is 19.8 Å². The number of amidine groups is 2. The second kappa shape index (κ2) is 10.6. The third kappa shape index (κ3) is 5.45. The molecule has 1 atom stereocenters. The Labute approximate surface area is 195 Å². The largest absolute Gasteiger partial charge is 0.505 e. The number of phenolic OH excluding ortho intramolecular Hbond substituents is 1. The fourth-order valence-electron chi connectivity index (χ4n) is 3.23. The van der Waals surface area contributed by atoms with Gasteiger partial charge in [-0.2, -0.15) is 0 Å². The second-order valence-electron chi connectivity index (χ2n) is 8.18. The lowest BCUT2D eigenvalue weighted by atomic mass is 10.0. The zero-order valence-corrected chi connectivity index (χ0v) is 20.6. The summed E-state index contributed by atoms with van der Waals surface area (Å²) in [5.41, 5.74) is 8.37. The number of hydrogen-bond acceptors (Lipinski definition) is 6. The first-order valence-electron chi connectivity index (χ1n) is 10.5. The molecule has 0 radical (unpaired) electrons. The molecule has 0 fully saturated rings. The van der Waals surface area contributed by atoms with Gasteiger partial charge in [0.05, 0.1) is 5.56 Å². The van der Waals surface area contributed by atoms with Crippen LogP contribution in [0.25, 0.3) is 0 Å². The van der Waals surface area contributed by atoms with E-state index < -0.39 is 0 Å². The van der Waals surface area contributed by atoms with Gasteiger partial charge in [0.2, 0.25) is 0 Å². The average molecular weight is 460 g/mol. The van der Waals surface area contributed by atoms with Gasteiger partial charge in [0.15, 0.2) is 17.4 Å². The van der Waals surface area contributed by atoms with Crippen molar-refractivity contribution >= 4 is 36.1 Å². The maximum Gasteiger partial charge on any atom is 0.257 e. The Hall–Kier alpha value is -2.94. The lowest BCUT2D eigenvalue weighted by Crippen LogP contribution is -2.32. The number of amides is 1. The SMILES string of the molecule is CCc1ccc(N=C(N)C(=N[C@@H](c2cc(C)c(C)o2)C(C)C)NS)c(O)c1C(=O)N(C)C. The van der Waals surface area contributed by atoms with Gasteiger partial charge >= 0.3 is 0 Å². The third-order valence-corrected chi connectivity index (χ3v) is 5.42. The first kappa shape index (κ1) is 25.3. The second-order valence-corrected chi connectivity index (χ2v) is 8.41. The number of nitrogens with zero attached hydrogens (tertiary/aromatic N) is 3. The Kier molecular flexibility index (Phi) is 8.38. The van der Waals surface area contributed by atoms with E-state index in [2.05, 4.69) is 27.5 Å². The molecule has 1 aromatic carbocycles. The quantitative estimate of drug-likeness (QED) is 0.295. The molecule has 0 aliphatic carbocycles. The number of carbonyl (C=O) groups excluding carboxylic acids is 1. The zero-order valence-electron chi connectivity index (χ0n) is 19.7. The standard InChI is InChI=1S/C23H33N5O3S/c1-8-15-9-10-16(20(29)18(15)23(30)28(6)7)25-21(24)22(27-32)26-19(12(2)3)17-11-13(4)14(5)31-17/h9-12,19,29,32H,8H2,1-7H3,(H2,24,25)(H,26,27)/t19-/m1/s1. The highest BCUT2D eigenvalue weighted by molar-refractivity contribution is 7.78. The highest BCUT2D eigenvalue weighted by atomic mass is 32.1.